The van der Waals surface area contributed by atoms with Crippen molar-refractivity contribution in [3.05, 3.63) is 152 Å². The third kappa shape index (κ3) is 22.0. The Bertz CT molecular complexity index is 2400. The van der Waals surface area contributed by atoms with Crippen LogP contribution in [0.15, 0.2) is 128 Å². The first kappa shape index (κ1) is 61.8. The SMILES string of the molecule is C.C=C=C=C=C=C=C=C=C=C=C=C=C=C=C=C=C.CC1CCC2C(C)COC2C1.Cc1ccc2c(c1)OCC2C.Cc1coc2c1CCC(C)C2.[B][B]B(B([B])[B])B(B([B])[B])B(B([B])[B])B([B])[B]. The van der Waals surface area contributed by atoms with Gasteiger partial charge in [-0.3, -0.25) is 0 Å². The fraction of sp³-hybridized carbons (Fsp3) is 0.438. The standard InChI is InChI=1S/C17H4.C10H18O.C10H14O.C10H12O.CH4.B17/c1-3-5-7-9-11-13-15-17-16-14-12-10-8-6-4-2;3*1-7-3-4-9-8(2)6-11-10(9)5-7;;1-10-15(11(2)3)17(14(8)9)16(12(4)5)13(6)7/h1-2H2;7-10H,3-6H2,1-2H3;6-7H,3-5H2,1-2H3;3-5,8H,6H2,1-2H3;1H4;. The maximum absolute atomic E-state index is 5.74. The highest BCUT2D eigenvalue weighted by Gasteiger charge is 2.40. The van der Waals surface area contributed by atoms with Gasteiger partial charge in [-0.25, -0.2) is 0 Å². The first-order valence-electron chi connectivity index (χ1n) is 22.8. The predicted molar refractivity (Wildman–Crippen MR) is 304 cm³/mol. The monoisotopic (exact) mass is 864 g/mol. The van der Waals surface area contributed by atoms with Crippen LogP contribution in [-0.4, -0.2) is 141 Å². The molecule has 20 heteroatoms. The van der Waals surface area contributed by atoms with E-state index >= 15 is 0 Å². The van der Waals surface area contributed by atoms with Crippen molar-refractivity contribution in [3.63, 3.8) is 0 Å². The summed E-state index contributed by atoms with van der Waals surface area (Å²) in [6.07, 6.45) is 5.69. The van der Waals surface area contributed by atoms with E-state index in [0.717, 1.165) is 49.1 Å². The normalized spacial score (nSPS) is 18.6. The van der Waals surface area contributed by atoms with Gasteiger partial charge < -0.3 is 13.9 Å². The second kappa shape index (κ2) is 34.2. The third-order valence-corrected chi connectivity index (χ3v) is 12.0. The number of ether oxygens (including phenoxy) is 2. The summed E-state index contributed by atoms with van der Waals surface area (Å²) in [7, 11) is 52.0. The lowest BCUT2D eigenvalue weighted by atomic mass is 8.43. The zero-order valence-corrected chi connectivity index (χ0v) is 40.4. The van der Waals surface area contributed by atoms with Gasteiger partial charge >= 0.3 is 0 Å². The Kier molecular flexibility index (Phi) is 31.1. The van der Waals surface area contributed by atoms with Crippen LogP contribution in [-0.2, 0) is 17.6 Å². The maximum atomic E-state index is 5.74. The Hall–Kier alpha value is -4.20. The molecule has 1 aromatic heterocycles. The van der Waals surface area contributed by atoms with Crippen LogP contribution in [0.1, 0.15) is 94.7 Å². The molecule has 68 heavy (non-hydrogen) atoms. The largest absolute Gasteiger partial charge is 0.493 e. The van der Waals surface area contributed by atoms with E-state index in [1.54, 1.807) is 0 Å². The minimum absolute atomic E-state index is 0. The first-order valence-corrected chi connectivity index (χ1v) is 22.8. The smallest absolute Gasteiger partial charge is 0.123 e. The average Bonchev–Trinajstić information content (AvgIpc) is 3.97. The van der Waals surface area contributed by atoms with Crippen molar-refractivity contribution in [2.75, 3.05) is 13.2 Å². The van der Waals surface area contributed by atoms with E-state index < -0.39 is 44.7 Å². The minimum atomic E-state index is -0.796. The van der Waals surface area contributed by atoms with Gasteiger partial charge in [0.05, 0.1) is 19.0 Å². The molecular formula is C48H52B17O3. The second-order valence-electron chi connectivity index (χ2n) is 17.6. The molecule has 19 radical (unpaired) electrons. The minimum Gasteiger partial charge on any atom is -0.493 e. The van der Waals surface area contributed by atoms with Gasteiger partial charge in [0.1, 0.15) is 11.5 Å². The number of fused-ring (bicyclic) bond motifs is 3. The van der Waals surface area contributed by atoms with Crippen LogP contribution in [0.25, 0.3) is 0 Å². The molecule has 3 nitrogen and oxygen atoms in total. The fourth-order valence-corrected chi connectivity index (χ4v) is 8.40. The van der Waals surface area contributed by atoms with Gasteiger partial charge in [0.25, 0.3) is 0 Å². The van der Waals surface area contributed by atoms with E-state index in [1.165, 1.54) is 67.2 Å². The van der Waals surface area contributed by atoms with E-state index in [4.69, 9.17) is 83.5 Å². The Labute approximate surface area is 426 Å². The van der Waals surface area contributed by atoms with E-state index in [0.29, 0.717) is 12.0 Å². The molecule has 4 aliphatic rings. The van der Waals surface area contributed by atoms with Crippen LogP contribution in [0.4, 0.5) is 0 Å². The van der Waals surface area contributed by atoms with Gasteiger partial charge in [0.2, 0.25) is 0 Å². The molecule has 2 aliphatic heterocycles. The molecular weight excluding hydrogens is 808 g/mol. The summed E-state index contributed by atoms with van der Waals surface area (Å²) >= 11 is 0. The van der Waals surface area contributed by atoms with E-state index in [-0.39, 0.29) is 7.43 Å². The fourth-order valence-electron chi connectivity index (χ4n) is 8.40. The lowest BCUT2D eigenvalue weighted by Gasteiger charge is -2.38. The summed E-state index contributed by atoms with van der Waals surface area (Å²) in [5, 5.41) is 0. The molecule has 2 aromatic rings. The van der Waals surface area contributed by atoms with Crippen molar-refractivity contribution in [3.8, 4) is 5.75 Å². The van der Waals surface area contributed by atoms with Gasteiger partial charge in [0, 0.05) is 146 Å². The second-order valence-corrected chi connectivity index (χ2v) is 17.6. The maximum Gasteiger partial charge on any atom is 0.123 e. The number of furan rings is 1. The summed E-state index contributed by atoms with van der Waals surface area (Å²) in [5.74, 6) is 6.33. The van der Waals surface area contributed by atoms with E-state index in [2.05, 4.69) is 159 Å². The Morgan fingerprint density at radius 2 is 1.19 bits per heavy atom. The van der Waals surface area contributed by atoms with Crippen LogP contribution in [0, 0.1) is 37.5 Å². The van der Waals surface area contributed by atoms with E-state index in [1.807, 2.05) is 6.26 Å². The number of hydrogen-bond acceptors (Lipinski definition) is 3. The van der Waals surface area contributed by atoms with Crippen LogP contribution in [0.3, 0.4) is 0 Å². The Balaban J connectivity index is 0.000000428. The molecule has 1 saturated carbocycles. The van der Waals surface area contributed by atoms with Gasteiger partial charge in [-0.15, -0.1) is 0 Å². The number of rotatable bonds is 7. The van der Waals surface area contributed by atoms with Crippen molar-refractivity contribution in [1.82, 2.24) is 0 Å². The van der Waals surface area contributed by atoms with Crippen LogP contribution in [0.5, 0.6) is 5.75 Å². The molecule has 0 N–H and O–H groups in total. The Morgan fingerprint density at radius 3 is 1.68 bits per heavy atom. The molecule has 2 aliphatic carbocycles. The van der Waals surface area contributed by atoms with Crippen LogP contribution >= 0.6 is 0 Å². The van der Waals surface area contributed by atoms with Gasteiger partial charge in [-0.05, 0) is 174 Å². The van der Waals surface area contributed by atoms with Crippen molar-refractivity contribution in [2.45, 2.75) is 99.5 Å². The molecule has 6 rings (SSSR count). The zero-order chi connectivity index (χ0) is 49.9. The topological polar surface area (TPSA) is 31.6 Å². The molecule has 313 valence electrons. The van der Waals surface area contributed by atoms with Crippen molar-refractivity contribution >= 4 is 121 Å². The molecule has 6 atom stereocenters. The van der Waals surface area contributed by atoms with Gasteiger partial charge in [0.15, 0.2) is 0 Å². The number of aryl methyl sites for hydroxylation is 2. The number of benzene rings is 1. The number of hydrogen-bond donors (Lipinski definition) is 0. The molecule has 0 amide bonds. The average molecular weight is 861 g/mol. The summed E-state index contributed by atoms with van der Waals surface area (Å²) < 4.78 is 16.7. The van der Waals surface area contributed by atoms with Crippen molar-refractivity contribution in [2.24, 2.45) is 23.7 Å². The Morgan fingerprint density at radius 1 is 0.662 bits per heavy atom. The quantitative estimate of drug-likeness (QED) is 0.292. The molecule has 0 bridgehead atoms. The highest BCUT2D eigenvalue weighted by Crippen LogP contribution is 2.40. The van der Waals surface area contributed by atoms with Gasteiger partial charge in [-0.1, -0.05) is 65.1 Å². The van der Waals surface area contributed by atoms with Crippen LogP contribution < -0.4 is 4.74 Å². The van der Waals surface area contributed by atoms with Gasteiger partial charge in [-0.2, -0.15) is 0 Å². The van der Waals surface area contributed by atoms with Crippen molar-refractivity contribution < 1.29 is 13.9 Å². The summed E-state index contributed by atoms with van der Waals surface area (Å²) in [5.41, 5.74) is 42.4. The molecule has 1 aromatic carbocycles. The summed E-state index contributed by atoms with van der Waals surface area (Å²) in [6, 6.07) is 6.42. The predicted octanol–water partition coefficient (Wildman–Crippen LogP) is 4.95. The van der Waals surface area contributed by atoms with Crippen LogP contribution in [0.2, 0.25) is 0 Å². The lowest BCUT2D eigenvalue weighted by Crippen LogP contribution is -2.76. The molecule has 6 unspecified atom stereocenters. The van der Waals surface area contributed by atoms with Crippen molar-refractivity contribution in [1.29, 1.82) is 0 Å². The lowest BCUT2D eigenvalue weighted by molar-refractivity contribution is 0.0494. The zero-order valence-electron chi connectivity index (χ0n) is 40.4. The summed E-state index contributed by atoms with van der Waals surface area (Å²) in [6.45, 7) is 21.8. The molecule has 0 spiro atoms. The highest BCUT2D eigenvalue weighted by atomic mass is 16.5. The third-order valence-electron chi connectivity index (χ3n) is 12.0. The van der Waals surface area contributed by atoms with E-state index in [9.17, 15) is 0 Å². The molecule has 3 heterocycles. The summed E-state index contributed by atoms with van der Waals surface area (Å²) in [4.78, 5) is 0. The molecule has 1 saturated heterocycles. The molecule has 2 fully saturated rings. The first-order chi connectivity index (χ1) is 32.0. The highest BCUT2D eigenvalue weighted by molar-refractivity contribution is 8.15.